The number of nitrogens with zero attached hydrogens (tertiary/aromatic N) is 1. The van der Waals surface area contributed by atoms with Crippen molar-refractivity contribution >= 4 is 11.9 Å². The fourth-order valence-corrected chi connectivity index (χ4v) is 2.23. The van der Waals surface area contributed by atoms with Crippen molar-refractivity contribution in [3.05, 3.63) is 30.1 Å². The van der Waals surface area contributed by atoms with Gasteiger partial charge in [-0.3, -0.25) is 9.59 Å². The van der Waals surface area contributed by atoms with Crippen LogP contribution in [0.1, 0.15) is 19.8 Å². The summed E-state index contributed by atoms with van der Waals surface area (Å²) in [5.41, 5.74) is -0.755. The standard InChI is InChI=1S/C15H18FNO4/c1-15(14(19)20)6-8-17(9-7-15)13(18)10-21-12-4-2-11(16)3-5-12/h2-5H,6-10H2,1H3,(H,19,20). The highest BCUT2D eigenvalue weighted by atomic mass is 19.1. The number of hydrogen-bond donors (Lipinski definition) is 1. The second-order valence-electron chi connectivity index (χ2n) is 5.49. The Morgan fingerprint density at radius 1 is 1.29 bits per heavy atom. The summed E-state index contributed by atoms with van der Waals surface area (Å²) in [5.74, 6) is -0.946. The van der Waals surface area contributed by atoms with Gasteiger partial charge in [0.05, 0.1) is 5.41 Å². The van der Waals surface area contributed by atoms with Crippen LogP contribution in [0.3, 0.4) is 0 Å². The summed E-state index contributed by atoms with van der Waals surface area (Å²) < 4.78 is 18.0. The number of hydrogen-bond acceptors (Lipinski definition) is 3. The Labute approximate surface area is 122 Å². The molecule has 21 heavy (non-hydrogen) atoms. The Hall–Kier alpha value is -2.11. The minimum atomic E-state index is -0.822. The van der Waals surface area contributed by atoms with Crippen molar-refractivity contribution in [1.29, 1.82) is 0 Å². The molecule has 0 atom stereocenters. The first kappa shape index (κ1) is 15.3. The second-order valence-corrected chi connectivity index (χ2v) is 5.49. The molecule has 1 aliphatic rings. The molecule has 1 fully saturated rings. The molecule has 0 aromatic heterocycles. The van der Waals surface area contributed by atoms with Gasteiger partial charge < -0.3 is 14.7 Å². The van der Waals surface area contributed by atoms with Gasteiger partial charge in [0.25, 0.3) is 5.91 Å². The number of ether oxygens (including phenoxy) is 1. The van der Waals surface area contributed by atoms with Crippen LogP contribution in [0.4, 0.5) is 4.39 Å². The summed E-state index contributed by atoms with van der Waals surface area (Å²) in [5, 5.41) is 9.14. The van der Waals surface area contributed by atoms with Crippen LogP contribution in [0, 0.1) is 11.2 Å². The van der Waals surface area contributed by atoms with E-state index in [4.69, 9.17) is 9.84 Å². The lowest BCUT2D eigenvalue weighted by Crippen LogP contribution is -2.46. The summed E-state index contributed by atoms with van der Waals surface area (Å²) in [6, 6.07) is 5.44. The maximum Gasteiger partial charge on any atom is 0.309 e. The molecule has 0 aliphatic carbocycles. The average Bonchev–Trinajstić information content (AvgIpc) is 2.47. The maximum atomic E-state index is 12.7. The van der Waals surface area contributed by atoms with Crippen LogP contribution in [0.15, 0.2) is 24.3 Å². The van der Waals surface area contributed by atoms with E-state index >= 15 is 0 Å². The third-order valence-corrected chi connectivity index (χ3v) is 3.91. The summed E-state index contributed by atoms with van der Waals surface area (Å²) in [6.07, 6.45) is 0.870. The number of likely N-dealkylation sites (tertiary alicyclic amines) is 1. The molecule has 1 aliphatic heterocycles. The van der Waals surface area contributed by atoms with Gasteiger partial charge in [-0.15, -0.1) is 0 Å². The van der Waals surface area contributed by atoms with Gasteiger partial charge in [0, 0.05) is 13.1 Å². The number of piperidine rings is 1. The van der Waals surface area contributed by atoms with Crippen molar-refractivity contribution in [2.24, 2.45) is 5.41 Å². The highest BCUT2D eigenvalue weighted by molar-refractivity contribution is 5.79. The molecule has 1 aromatic carbocycles. The topological polar surface area (TPSA) is 66.8 Å². The predicted octanol–water partition coefficient (Wildman–Crippen LogP) is 1.92. The lowest BCUT2D eigenvalue weighted by molar-refractivity contribution is -0.153. The molecule has 1 aromatic rings. The zero-order valence-corrected chi connectivity index (χ0v) is 11.8. The SMILES string of the molecule is CC1(C(=O)O)CCN(C(=O)COc2ccc(F)cc2)CC1. The summed E-state index contributed by atoms with van der Waals surface area (Å²) >= 11 is 0. The van der Waals surface area contributed by atoms with Crippen molar-refractivity contribution in [3.8, 4) is 5.75 Å². The smallest absolute Gasteiger partial charge is 0.309 e. The van der Waals surface area contributed by atoms with E-state index in [-0.39, 0.29) is 18.3 Å². The molecule has 114 valence electrons. The molecule has 0 radical (unpaired) electrons. The van der Waals surface area contributed by atoms with Gasteiger partial charge in [-0.2, -0.15) is 0 Å². The molecular weight excluding hydrogens is 277 g/mol. The Kier molecular flexibility index (Phi) is 4.45. The van der Waals surface area contributed by atoms with Gasteiger partial charge in [-0.05, 0) is 44.0 Å². The molecule has 1 heterocycles. The van der Waals surface area contributed by atoms with Crippen LogP contribution in [0.5, 0.6) is 5.75 Å². The molecule has 0 bridgehead atoms. The summed E-state index contributed by atoms with van der Waals surface area (Å²) in [4.78, 5) is 24.7. The minimum Gasteiger partial charge on any atom is -0.484 e. The first-order valence-electron chi connectivity index (χ1n) is 6.80. The number of rotatable bonds is 4. The molecule has 1 N–H and O–H groups in total. The van der Waals surface area contributed by atoms with Crippen molar-refractivity contribution < 1.29 is 23.8 Å². The van der Waals surface area contributed by atoms with E-state index in [1.165, 1.54) is 24.3 Å². The van der Waals surface area contributed by atoms with E-state index in [0.717, 1.165) is 0 Å². The Morgan fingerprint density at radius 3 is 2.38 bits per heavy atom. The number of amides is 1. The van der Waals surface area contributed by atoms with E-state index < -0.39 is 11.4 Å². The molecule has 0 unspecified atom stereocenters. The first-order chi connectivity index (χ1) is 9.90. The van der Waals surface area contributed by atoms with Crippen LogP contribution in [-0.2, 0) is 9.59 Å². The highest BCUT2D eigenvalue weighted by Crippen LogP contribution is 2.31. The number of carbonyl (C=O) groups is 2. The molecule has 0 saturated carbocycles. The number of halogens is 1. The van der Waals surface area contributed by atoms with Crippen molar-refractivity contribution in [3.63, 3.8) is 0 Å². The molecular formula is C15H18FNO4. The Bertz CT molecular complexity index is 521. The van der Waals surface area contributed by atoms with Gasteiger partial charge >= 0.3 is 5.97 Å². The van der Waals surface area contributed by atoms with E-state index in [0.29, 0.717) is 31.7 Å². The van der Waals surface area contributed by atoms with Gasteiger partial charge in [-0.1, -0.05) is 0 Å². The summed E-state index contributed by atoms with van der Waals surface area (Å²) in [7, 11) is 0. The van der Waals surface area contributed by atoms with Gasteiger partial charge in [0.2, 0.25) is 0 Å². The average molecular weight is 295 g/mol. The second kappa shape index (κ2) is 6.11. The maximum absolute atomic E-state index is 12.7. The van der Waals surface area contributed by atoms with Crippen molar-refractivity contribution in [1.82, 2.24) is 4.90 Å². The fraction of sp³-hybridized carbons (Fsp3) is 0.467. The number of aliphatic carboxylic acids is 1. The van der Waals surface area contributed by atoms with E-state index in [1.807, 2.05) is 0 Å². The minimum absolute atomic E-state index is 0.130. The largest absolute Gasteiger partial charge is 0.484 e. The number of benzene rings is 1. The van der Waals surface area contributed by atoms with E-state index in [2.05, 4.69) is 0 Å². The van der Waals surface area contributed by atoms with E-state index in [1.54, 1.807) is 11.8 Å². The third-order valence-electron chi connectivity index (χ3n) is 3.91. The lowest BCUT2D eigenvalue weighted by atomic mass is 9.80. The lowest BCUT2D eigenvalue weighted by Gasteiger charge is -2.36. The normalized spacial score (nSPS) is 17.3. The molecule has 0 spiro atoms. The quantitative estimate of drug-likeness (QED) is 0.921. The van der Waals surface area contributed by atoms with Crippen molar-refractivity contribution in [2.45, 2.75) is 19.8 Å². The zero-order valence-electron chi connectivity index (χ0n) is 11.8. The Morgan fingerprint density at radius 2 is 1.86 bits per heavy atom. The van der Waals surface area contributed by atoms with Crippen LogP contribution in [0.25, 0.3) is 0 Å². The molecule has 6 heteroatoms. The molecule has 2 rings (SSSR count). The predicted molar refractivity (Wildman–Crippen MR) is 73.5 cm³/mol. The molecule has 1 saturated heterocycles. The van der Waals surface area contributed by atoms with Crippen molar-refractivity contribution in [2.75, 3.05) is 19.7 Å². The van der Waals surface area contributed by atoms with Crippen LogP contribution >= 0.6 is 0 Å². The van der Waals surface area contributed by atoms with Gasteiger partial charge in [0.1, 0.15) is 11.6 Å². The van der Waals surface area contributed by atoms with Gasteiger partial charge in [-0.25, -0.2) is 4.39 Å². The Balaban J connectivity index is 1.82. The number of carbonyl (C=O) groups excluding carboxylic acids is 1. The first-order valence-corrected chi connectivity index (χ1v) is 6.80. The molecule has 5 nitrogen and oxygen atoms in total. The zero-order chi connectivity index (χ0) is 15.5. The fourth-order valence-electron chi connectivity index (χ4n) is 2.23. The summed E-state index contributed by atoms with van der Waals surface area (Å²) in [6.45, 7) is 2.39. The van der Waals surface area contributed by atoms with Crippen LogP contribution < -0.4 is 4.74 Å². The van der Waals surface area contributed by atoms with Crippen LogP contribution in [0.2, 0.25) is 0 Å². The molecule has 1 amide bonds. The van der Waals surface area contributed by atoms with E-state index in [9.17, 15) is 14.0 Å². The monoisotopic (exact) mass is 295 g/mol. The third kappa shape index (κ3) is 3.71. The number of carboxylic acid groups (broad SMARTS) is 1. The highest BCUT2D eigenvalue weighted by Gasteiger charge is 2.37. The van der Waals surface area contributed by atoms with Crippen LogP contribution in [-0.4, -0.2) is 41.6 Å². The number of carboxylic acids is 1. The van der Waals surface area contributed by atoms with Gasteiger partial charge in [0.15, 0.2) is 6.61 Å².